The van der Waals surface area contributed by atoms with Gasteiger partial charge in [0.25, 0.3) is 0 Å². The predicted molar refractivity (Wildman–Crippen MR) is 109 cm³/mol. The summed E-state index contributed by atoms with van der Waals surface area (Å²) in [6.45, 7) is 0. The second kappa shape index (κ2) is 6.65. The third-order valence-electron chi connectivity index (χ3n) is 7.51. The number of ether oxygens (including phenoxy) is 1. The number of hydrogen-bond donors (Lipinski definition) is 2. The molecular weight excluding hydrogens is 380 g/mol. The van der Waals surface area contributed by atoms with E-state index in [9.17, 15) is 14.7 Å². The van der Waals surface area contributed by atoms with Gasteiger partial charge in [0.1, 0.15) is 6.23 Å². The van der Waals surface area contributed by atoms with Crippen molar-refractivity contribution in [2.45, 2.75) is 37.3 Å². The number of hydrogen-bond acceptors (Lipinski definition) is 4. The van der Waals surface area contributed by atoms with Crippen LogP contribution in [0.25, 0.3) is 0 Å². The molecule has 8 atom stereocenters. The van der Waals surface area contributed by atoms with E-state index in [-0.39, 0.29) is 54.2 Å². The number of anilines is 1. The molecule has 2 amide bonds. The number of carbonyl (C=O) groups excluding carboxylic acids is 2. The summed E-state index contributed by atoms with van der Waals surface area (Å²) < 4.78 is 6.25. The smallest absolute Gasteiger partial charge is 0.229 e. The number of rotatable bonds is 5. The number of carbonyl (C=O) groups is 2. The Labute approximate surface area is 174 Å². The average molecular weight is 404 g/mol. The maximum absolute atomic E-state index is 13.5. The van der Waals surface area contributed by atoms with E-state index in [0.29, 0.717) is 0 Å². The first-order valence-electron chi connectivity index (χ1n) is 10.7. The van der Waals surface area contributed by atoms with Gasteiger partial charge in [-0.05, 0) is 36.0 Å². The molecule has 2 aliphatic carbocycles. The standard InChI is InChI=1S/C24H24N2O4/c27-18(25-14-9-5-2-6-10-14)12-17(13-7-3-1-4-8-13)26-23(29)19-15-11-16-20(19)24(26)30-22(16)21(15)28/h1-10,15-17,19-22,24,28H,11-12H2,(H,25,27). The lowest BCUT2D eigenvalue weighted by molar-refractivity contribution is -0.156. The molecule has 4 fully saturated rings. The maximum Gasteiger partial charge on any atom is 0.229 e. The van der Waals surface area contributed by atoms with Crippen LogP contribution in [-0.4, -0.2) is 40.3 Å². The van der Waals surface area contributed by atoms with Gasteiger partial charge in [-0.1, -0.05) is 48.5 Å². The summed E-state index contributed by atoms with van der Waals surface area (Å²) in [5.74, 6) is 0.0812. The van der Waals surface area contributed by atoms with Crippen molar-refractivity contribution in [3.05, 3.63) is 66.2 Å². The molecule has 154 valence electrons. The van der Waals surface area contributed by atoms with Crippen molar-refractivity contribution in [1.29, 1.82) is 0 Å². The van der Waals surface area contributed by atoms with Gasteiger partial charge in [0.2, 0.25) is 11.8 Å². The van der Waals surface area contributed by atoms with Crippen LogP contribution in [-0.2, 0) is 14.3 Å². The Morgan fingerprint density at radius 3 is 2.53 bits per heavy atom. The van der Waals surface area contributed by atoms with Crippen molar-refractivity contribution in [3.8, 4) is 0 Å². The highest BCUT2D eigenvalue weighted by Gasteiger charge is 2.73. The van der Waals surface area contributed by atoms with Crippen LogP contribution < -0.4 is 5.32 Å². The lowest BCUT2D eigenvalue weighted by Crippen LogP contribution is -2.45. The number of benzene rings is 2. The Balaban J connectivity index is 1.31. The van der Waals surface area contributed by atoms with E-state index >= 15 is 0 Å². The molecule has 0 spiro atoms. The quantitative estimate of drug-likeness (QED) is 0.803. The summed E-state index contributed by atoms with van der Waals surface area (Å²) in [5.41, 5.74) is 1.66. The third kappa shape index (κ3) is 2.50. The summed E-state index contributed by atoms with van der Waals surface area (Å²) >= 11 is 0. The van der Waals surface area contributed by atoms with Crippen molar-refractivity contribution < 1.29 is 19.4 Å². The van der Waals surface area contributed by atoms with Crippen LogP contribution in [0.2, 0.25) is 0 Å². The number of amides is 2. The van der Waals surface area contributed by atoms with E-state index in [1.165, 1.54) is 0 Å². The Morgan fingerprint density at radius 2 is 1.80 bits per heavy atom. The molecule has 0 aromatic heterocycles. The monoisotopic (exact) mass is 404 g/mol. The molecule has 8 unspecified atom stereocenters. The van der Waals surface area contributed by atoms with Crippen LogP contribution in [0.4, 0.5) is 5.69 Å². The van der Waals surface area contributed by atoms with Crippen LogP contribution in [0.15, 0.2) is 60.7 Å². The molecule has 6 rings (SSSR count). The minimum Gasteiger partial charge on any atom is -0.390 e. The molecule has 0 radical (unpaired) electrons. The van der Waals surface area contributed by atoms with Gasteiger partial charge >= 0.3 is 0 Å². The SMILES string of the molecule is O=C(CC(c1ccccc1)N1C(=O)C2C3CC4C(OC1C42)C3O)Nc1ccccc1. The van der Waals surface area contributed by atoms with Gasteiger partial charge in [-0.25, -0.2) is 0 Å². The summed E-state index contributed by atoms with van der Waals surface area (Å²) in [6, 6.07) is 18.7. The first kappa shape index (κ1) is 18.1. The molecule has 6 nitrogen and oxygen atoms in total. The van der Waals surface area contributed by atoms with Crippen LogP contribution >= 0.6 is 0 Å². The zero-order chi connectivity index (χ0) is 20.4. The van der Waals surface area contributed by atoms with Gasteiger partial charge in [-0.15, -0.1) is 0 Å². The summed E-state index contributed by atoms with van der Waals surface area (Å²) in [7, 11) is 0. The molecule has 2 heterocycles. The number of likely N-dealkylation sites (tertiary alicyclic amines) is 1. The fraction of sp³-hybridized carbons (Fsp3) is 0.417. The Morgan fingerprint density at radius 1 is 1.10 bits per heavy atom. The fourth-order valence-electron chi connectivity index (χ4n) is 6.38. The van der Waals surface area contributed by atoms with Gasteiger partial charge in [0.15, 0.2) is 0 Å². The summed E-state index contributed by atoms with van der Waals surface area (Å²) in [6.07, 6.45) is -0.0291. The first-order valence-corrected chi connectivity index (χ1v) is 10.7. The molecule has 2 aromatic carbocycles. The second-order valence-electron chi connectivity index (χ2n) is 8.94. The van der Waals surface area contributed by atoms with Crippen LogP contribution in [0.5, 0.6) is 0 Å². The number of nitrogens with one attached hydrogen (secondary N) is 1. The zero-order valence-electron chi connectivity index (χ0n) is 16.4. The normalized spacial score (nSPS) is 36.4. The molecule has 4 aliphatic rings. The molecule has 2 saturated heterocycles. The number of nitrogens with zero attached hydrogens (tertiary/aromatic N) is 1. The van der Waals surface area contributed by atoms with Crippen molar-refractivity contribution in [2.75, 3.05) is 5.32 Å². The predicted octanol–water partition coefficient (Wildman–Crippen LogP) is 2.57. The van der Waals surface area contributed by atoms with E-state index in [2.05, 4.69) is 5.32 Å². The number of aliphatic hydroxyl groups is 1. The van der Waals surface area contributed by atoms with Gasteiger partial charge in [-0.2, -0.15) is 0 Å². The topological polar surface area (TPSA) is 78.9 Å². The number of fused-ring (bicyclic) bond motifs is 2. The third-order valence-corrected chi connectivity index (χ3v) is 7.51. The lowest BCUT2D eigenvalue weighted by Gasteiger charge is -2.35. The molecule has 2 bridgehead atoms. The van der Waals surface area contributed by atoms with E-state index in [1.807, 2.05) is 60.7 Å². The van der Waals surface area contributed by atoms with Crippen LogP contribution in [0.3, 0.4) is 0 Å². The van der Waals surface area contributed by atoms with Crippen molar-refractivity contribution in [2.24, 2.45) is 23.7 Å². The van der Waals surface area contributed by atoms with Gasteiger partial charge < -0.3 is 20.1 Å². The van der Waals surface area contributed by atoms with Crippen molar-refractivity contribution in [1.82, 2.24) is 4.90 Å². The Kier molecular flexibility index (Phi) is 4.01. The van der Waals surface area contributed by atoms with Crippen LogP contribution in [0.1, 0.15) is 24.4 Å². The van der Waals surface area contributed by atoms with Crippen LogP contribution in [0, 0.1) is 23.7 Å². The van der Waals surface area contributed by atoms with Gasteiger partial charge in [-0.3, -0.25) is 9.59 Å². The van der Waals surface area contributed by atoms with Gasteiger partial charge in [0.05, 0.1) is 30.6 Å². The summed E-state index contributed by atoms with van der Waals surface area (Å²) in [5, 5.41) is 13.5. The molecule has 2 N–H and O–H groups in total. The van der Waals surface area contributed by atoms with E-state index in [4.69, 9.17) is 4.74 Å². The highest BCUT2D eigenvalue weighted by Crippen LogP contribution is 2.64. The number of para-hydroxylation sites is 1. The first-order chi connectivity index (χ1) is 14.6. The number of aliphatic hydroxyl groups excluding tert-OH is 1. The highest BCUT2D eigenvalue weighted by atomic mass is 16.5. The average Bonchev–Trinajstić information content (AvgIpc) is 3.45. The zero-order valence-corrected chi connectivity index (χ0v) is 16.4. The van der Waals surface area contributed by atoms with Gasteiger partial charge in [0, 0.05) is 11.6 Å². The fourth-order valence-corrected chi connectivity index (χ4v) is 6.38. The summed E-state index contributed by atoms with van der Waals surface area (Å²) in [4.78, 5) is 28.2. The molecule has 2 aliphatic heterocycles. The van der Waals surface area contributed by atoms with E-state index < -0.39 is 12.1 Å². The second-order valence-corrected chi connectivity index (χ2v) is 8.94. The largest absolute Gasteiger partial charge is 0.390 e. The minimum absolute atomic E-state index is 0.0120. The molecule has 30 heavy (non-hydrogen) atoms. The van der Waals surface area contributed by atoms with Crippen molar-refractivity contribution >= 4 is 17.5 Å². The molecule has 2 aromatic rings. The molecule has 6 heteroatoms. The highest BCUT2D eigenvalue weighted by molar-refractivity contribution is 5.92. The minimum atomic E-state index is -0.538. The van der Waals surface area contributed by atoms with E-state index in [0.717, 1.165) is 17.7 Å². The Hall–Kier alpha value is -2.70. The van der Waals surface area contributed by atoms with E-state index in [1.54, 1.807) is 4.90 Å². The Bertz CT molecular complexity index is 981. The lowest BCUT2D eigenvalue weighted by atomic mass is 9.80. The molecular formula is C24H24N2O4. The maximum atomic E-state index is 13.5. The molecule has 2 saturated carbocycles. The van der Waals surface area contributed by atoms with Crippen molar-refractivity contribution in [3.63, 3.8) is 0 Å².